The van der Waals surface area contributed by atoms with Gasteiger partial charge in [-0.1, -0.05) is 32.9 Å². The number of hydrogen-bond acceptors (Lipinski definition) is 4. The number of halogens is 1. The van der Waals surface area contributed by atoms with Gasteiger partial charge in [0.05, 0.1) is 6.10 Å². The van der Waals surface area contributed by atoms with E-state index in [2.05, 4.69) is 41.7 Å². The average Bonchev–Trinajstić information content (AvgIpc) is 3.19. The van der Waals surface area contributed by atoms with Crippen LogP contribution in [0.5, 0.6) is 0 Å². The minimum Gasteiger partial charge on any atom is -0.379 e. The number of nitrogens with zero attached hydrogens (tertiary/aromatic N) is 1. The van der Waals surface area contributed by atoms with Gasteiger partial charge < -0.3 is 25.4 Å². The lowest BCUT2D eigenvalue weighted by atomic mass is 9.89. The topological polar surface area (TPSA) is 84.0 Å². The number of aliphatic imine (C=N–C) groups is 1. The van der Waals surface area contributed by atoms with Crippen LogP contribution in [-0.4, -0.2) is 51.4 Å². The van der Waals surface area contributed by atoms with Gasteiger partial charge in [-0.15, -0.1) is 24.0 Å². The van der Waals surface area contributed by atoms with Crippen LogP contribution in [0.1, 0.15) is 39.2 Å². The summed E-state index contributed by atoms with van der Waals surface area (Å²) < 4.78 is 11.0. The third-order valence-corrected chi connectivity index (χ3v) is 4.81. The molecule has 1 heterocycles. The number of guanidine groups is 1. The Hall–Kier alpha value is -1.39. The van der Waals surface area contributed by atoms with Crippen molar-refractivity contribution in [2.24, 2.45) is 10.4 Å². The highest BCUT2D eigenvalue weighted by Gasteiger charge is 2.25. The Morgan fingerprint density at radius 1 is 1.34 bits per heavy atom. The molecule has 0 aromatic heterocycles. The van der Waals surface area contributed by atoms with E-state index in [1.54, 1.807) is 14.2 Å². The van der Waals surface area contributed by atoms with Gasteiger partial charge in [0.25, 0.3) is 5.91 Å². The summed E-state index contributed by atoms with van der Waals surface area (Å²) in [5.41, 5.74) is 1.86. The molecule has 164 valence electrons. The number of rotatable bonds is 7. The normalized spacial score (nSPS) is 18.0. The largest absolute Gasteiger partial charge is 0.379 e. The molecule has 2 unspecified atom stereocenters. The second kappa shape index (κ2) is 12.3. The van der Waals surface area contributed by atoms with E-state index in [0.29, 0.717) is 25.7 Å². The van der Waals surface area contributed by atoms with Gasteiger partial charge in [0.2, 0.25) is 0 Å². The van der Waals surface area contributed by atoms with E-state index in [4.69, 9.17) is 9.47 Å². The minimum absolute atomic E-state index is 0. The minimum atomic E-state index is -0.332. The first kappa shape index (κ1) is 25.6. The van der Waals surface area contributed by atoms with Crippen LogP contribution < -0.4 is 16.0 Å². The van der Waals surface area contributed by atoms with E-state index >= 15 is 0 Å². The third kappa shape index (κ3) is 8.47. The van der Waals surface area contributed by atoms with Crippen molar-refractivity contribution in [3.05, 3.63) is 29.8 Å². The van der Waals surface area contributed by atoms with Gasteiger partial charge in [0.15, 0.2) is 5.96 Å². The Balaban J connectivity index is 0.00000420. The Bertz CT molecular complexity index is 670. The Morgan fingerprint density at radius 3 is 2.69 bits per heavy atom. The second-order valence-corrected chi connectivity index (χ2v) is 8.09. The maximum Gasteiger partial charge on any atom is 0.253 e. The predicted molar refractivity (Wildman–Crippen MR) is 128 cm³/mol. The molecule has 8 heteroatoms. The molecule has 1 saturated heterocycles. The molecule has 3 N–H and O–H groups in total. The molecule has 1 fully saturated rings. The van der Waals surface area contributed by atoms with Crippen LogP contribution in [0.15, 0.2) is 29.3 Å². The van der Waals surface area contributed by atoms with E-state index in [1.165, 1.54) is 0 Å². The molecule has 7 nitrogen and oxygen atoms in total. The fourth-order valence-electron chi connectivity index (χ4n) is 3.11. The van der Waals surface area contributed by atoms with Crippen LogP contribution >= 0.6 is 24.0 Å². The highest BCUT2D eigenvalue weighted by Crippen LogP contribution is 2.21. The van der Waals surface area contributed by atoms with Crippen LogP contribution in [0.2, 0.25) is 0 Å². The number of anilines is 1. The zero-order valence-corrected chi connectivity index (χ0v) is 20.4. The highest BCUT2D eigenvalue weighted by molar-refractivity contribution is 14.0. The molecular formula is C21H35IN4O3. The van der Waals surface area contributed by atoms with Gasteiger partial charge in [-0.05, 0) is 36.0 Å². The molecule has 0 aliphatic carbocycles. The van der Waals surface area contributed by atoms with Crippen LogP contribution in [0, 0.1) is 5.41 Å². The SMILES string of the molecule is CN=C(NCc1cccc(NC(=O)C2CCCO2)c1)NCC(OC)C(C)(C)C.I. The number of carbonyl (C=O) groups excluding carboxylic acids is 1. The summed E-state index contributed by atoms with van der Waals surface area (Å²) in [5, 5.41) is 9.54. The molecule has 0 bridgehead atoms. The quantitative estimate of drug-likeness (QED) is 0.294. The lowest BCUT2D eigenvalue weighted by Gasteiger charge is -2.30. The zero-order chi connectivity index (χ0) is 20.6. The first-order valence-electron chi connectivity index (χ1n) is 9.82. The number of benzene rings is 1. The van der Waals surface area contributed by atoms with Crippen molar-refractivity contribution in [1.29, 1.82) is 0 Å². The maximum atomic E-state index is 12.2. The third-order valence-electron chi connectivity index (χ3n) is 4.81. The number of carbonyl (C=O) groups is 1. The second-order valence-electron chi connectivity index (χ2n) is 8.09. The monoisotopic (exact) mass is 518 g/mol. The summed E-state index contributed by atoms with van der Waals surface area (Å²) in [6.07, 6.45) is 1.46. The fraction of sp³-hybridized carbons (Fsp3) is 0.619. The smallest absolute Gasteiger partial charge is 0.253 e. The van der Waals surface area contributed by atoms with E-state index < -0.39 is 0 Å². The van der Waals surface area contributed by atoms with Crippen molar-refractivity contribution in [2.45, 2.75) is 52.4 Å². The number of hydrogen-bond donors (Lipinski definition) is 3. The van der Waals surface area contributed by atoms with Gasteiger partial charge >= 0.3 is 0 Å². The first-order valence-corrected chi connectivity index (χ1v) is 9.82. The summed E-state index contributed by atoms with van der Waals surface area (Å²) in [4.78, 5) is 16.5. The number of ether oxygens (including phenoxy) is 2. The first-order chi connectivity index (χ1) is 13.3. The zero-order valence-electron chi connectivity index (χ0n) is 18.1. The Labute approximate surface area is 191 Å². The number of nitrogens with one attached hydrogen (secondary N) is 3. The van der Waals surface area contributed by atoms with Crippen molar-refractivity contribution < 1.29 is 14.3 Å². The summed E-state index contributed by atoms with van der Waals surface area (Å²) >= 11 is 0. The molecule has 0 saturated carbocycles. The molecule has 0 radical (unpaired) electrons. The Morgan fingerprint density at radius 2 is 2.10 bits per heavy atom. The maximum absolute atomic E-state index is 12.2. The van der Waals surface area contributed by atoms with Crippen molar-refractivity contribution in [2.75, 3.05) is 32.6 Å². The lowest BCUT2D eigenvalue weighted by molar-refractivity contribution is -0.124. The summed E-state index contributed by atoms with van der Waals surface area (Å²) in [5.74, 6) is 0.632. The average molecular weight is 518 g/mol. The summed E-state index contributed by atoms with van der Waals surface area (Å²) in [7, 11) is 3.47. The molecule has 1 aromatic rings. The standard InChI is InChI=1S/C21H34N4O3.HI/c1-21(2,3)18(27-5)14-24-20(22-4)23-13-15-8-6-9-16(12-15)25-19(26)17-10-7-11-28-17;/h6,8-9,12,17-18H,7,10-11,13-14H2,1-5H3,(H,25,26)(H2,22,23,24);1H. The van der Waals surface area contributed by atoms with Gasteiger partial charge in [-0.25, -0.2) is 0 Å². The van der Waals surface area contributed by atoms with Gasteiger partial charge in [-0.2, -0.15) is 0 Å². The molecule has 1 amide bonds. The van der Waals surface area contributed by atoms with E-state index in [0.717, 1.165) is 24.1 Å². The molecule has 2 rings (SSSR count). The number of amides is 1. The van der Waals surface area contributed by atoms with E-state index in [-0.39, 0.29) is 47.5 Å². The predicted octanol–water partition coefficient (Wildman–Crippen LogP) is 3.15. The summed E-state index contributed by atoms with van der Waals surface area (Å²) in [6, 6.07) is 7.78. The summed E-state index contributed by atoms with van der Waals surface area (Å²) in [6.45, 7) is 8.36. The van der Waals surface area contributed by atoms with Crippen LogP contribution in [0.4, 0.5) is 5.69 Å². The highest BCUT2D eigenvalue weighted by atomic mass is 127. The lowest BCUT2D eigenvalue weighted by Crippen LogP contribution is -2.45. The molecule has 1 aliphatic heterocycles. The van der Waals surface area contributed by atoms with Crippen molar-refractivity contribution in [1.82, 2.24) is 10.6 Å². The van der Waals surface area contributed by atoms with Crippen molar-refractivity contribution in [3.8, 4) is 0 Å². The molecule has 2 atom stereocenters. The molecule has 1 aromatic carbocycles. The number of methoxy groups -OCH3 is 1. The van der Waals surface area contributed by atoms with E-state index in [1.807, 2.05) is 24.3 Å². The van der Waals surface area contributed by atoms with Crippen molar-refractivity contribution in [3.63, 3.8) is 0 Å². The van der Waals surface area contributed by atoms with Gasteiger partial charge in [0.1, 0.15) is 6.10 Å². The molecule has 1 aliphatic rings. The van der Waals surface area contributed by atoms with Crippen molar-refractivity contribution >= 4 is 41.5 Å². The molecule has 29 heavy (non-hydrogen) atoms. The fourth-order valence-corrected chi connectivity index (χ4v) is 3.11. The van der Waals surface area contributed by atoms with E-state index in [9.17, 15) is 4.79 Å². The van der Waals surface area contributed by atoms with Crippen LogP contribution in [-0.2, 0) is 20.8 Å². The molecule has 0 spiro atoms. The van der Waals surface area contributed by atoms with Crippen LogP contribution in [0.25, 0.3) is 0 Å². The van der Waals surface area contributed by atoms with Gasteiger partial charge in [0, 0.05) is 39.5 Å². The molecular weight excluding hydrogens is 483 g/mol. The Kier molecular flexibility index (Phi) is 10.9. The van der Waals surface area contributed by atoms with Gasteiger partial charge in [-0.3, -0.25) is 9.79 Å². The van der Waals surface area contributed by atoms with Crippen LogP contribution in [0.3, 0.4) is 0 Å².